The molecule has 1 aromatic rings. The van der Waals surface area contributed by atoms with Gasteiger partial charge in [-0.15, -0.1) is 0 Å². The summed E-state index contributed by atoms with van der Waals surface area (Å²) in [5, 5.41) is 3.89. The minimum Gasteiger partial charge on any atom is -0.338 e. The molecular weight excluding hydrogens is 194 g/mol. The van der Waals surface area contributed by atoms with E-state index in [1.807, 2.05) is 21.7 Å². The molecule has 2 rings (SSSR count). The second-order valence-corrected chi connectivity index (χ2v) is 4.79. The molecule has 1 aliphatic heterocycles. The molecule has 76 valence electrons. The Morgan fingerprint density at radius 3 is 3.14 bits per heavy atom. The van der Waals surface area contributed by atoms with Crippen LogP contribution >= 0.6 is 11.3 Å². The molecule has 1 unspecified atom stereocenters. The van der Waals surface area contributed by atoms with E-state index in [4.69, 9.17) is 0 Å². The number of likely N-dealkylation sites (tertiary alicyclic amines) is 1. The van der Waals surface area contributed by atoms with Gasteiger partial charge in [0.15, 0.2) is 0 Å². The van der Waals surface area contributed by atoms with Gasteiger partial charge in [-0.05, 0) is 30.2 Å². The Morgan fingerprint density at radius 1 is 1.64 bits per heavy atom. The Hall–Kier alpha value is -0.830. The molecule has 1 aromatic heterocycles. The van der Waals surface area contributed by atoms with Crippen LogP contribution < -0.4 is 0 Å². The van der Waals surface area contributed by atoms with Crippen molar-refractivity contribution in [2.45, 2.75) is 19.8 Å². The summed E-state index contributed by atoms with van der Waals surface area (Å²) in [5.41, 5.74) is 0.851. The Labute approximate surface area is 88.5 Å². The second-order valence-electron chi connectivity index (χ2n) is 4.01. The summed E-state index contributed by atoms with van der Waals surface area (Å²) in [5.74, 6) is 0.865. The molecular formula is C11H15NOS. The smallest absolute Gasteiger partial charge is 0.254 e. The van der Waals surface area contributed by atoms with Crippen LogP contribution in [-0.4, -0.2) is 23.9 Å². The SMILES string of the molecule is CC1CCCN(C(=O)c2ccsc2)C1. The molecule has 2 heterocycles. The summed E-state index contributed by atoms with van der Waals surface area (Å²) in [6.45, 7) is 4.07. The molecule has 0 aromatic carbocycles. The summed E-state index contributed by atoms with van der Waals surface area (Å²) >= 11 is 1.59. The average Bonchev–Trinajstić information content (AvgIpc) is 2.69. The normalized spacial score (nSPS) is 22.4. The first-order chi connectivity index (χ1) is 6.77. The van der Waals surface area contributed by atoms with Gasteiger partial charge in [0.05, 0.1) is 5.56 Å². The van der Waals surface area contributed by atoms with E-state index in [2.05, 4.69) is 6.92 Å². The fraction of sp³-hybridized carbons (Fsp3) is 0.545. The first-order valence-electron chi connectivity index (χ1n) is 5.09. The quantitative estimate of drug-likeness (QED) is 0.696. The van der Waals surface area contributed by atoms with E-state index >= 15 is 0 Å². The molecule has 0 saturated carbocycles. The summed E-state index contributed by atoms with van der Waals surface area (Å²) in [6.07, 6.45) is 2.41. The van der Waals surface area contributed by atoms with Gasteiger partial charge < -0.3 is 4.90 Å². The highest BCUT2D eigenvalue weighted by atomic mass is 32.1. The first-order valence-corrected chi connectivity index (χ1v) is 6.03. The van der Waals surface area contributed by atoms with Crippen LogP contribution in [0, 0.1) is 5.92 Å². The highest BCUT2D eigenvalue weighted by molar-refractivity contribution is 7.08. The number of nitrogens with zero attached hydrogens (tertiary/aromatic N) is 1. The predicted octanol–water partition coefficient (Wildman–Crippen LogP) is 2.62. The number of thiophene rings is 1. The zero-order valence-electron chi connectivity index (χ0n) is 8.40. The molecule has 0 aliphatic carbocycles. The Bertz CT molecular complexity index is 307. The molecule has 0 radical (unpaired) electrons. The van der Waals surface area contributed by atoms with Crippen molar-refractivity contribution in [1.29, 1.82) is 0 Å². The third kappa shape index (κ3) is 1.98. The van der Waals surface area contributed by atoms with Crippen LogP contribution in [0.25, 0.3) is 0 Å². The molecule has 3 heteroatoms. The van der Waals surface area contributed by atoms with Crippen molar-refractivity contribution in [3.8, 4) is 0 Å². The zero-order chi connectivity index (χ0) is 9.97. The highest BCUT2D eigenvalue weighted by Gasteiger charge is 2.21. The summed E-state index contributed by atoms with van der Waals surface area (Å²) in [7, 11) is 0. The second kappa shape index (κ2) is 4.13. The van der Waals surface area contributed by atoms with Crippen molar-refractivity contribution in [3.63, 3.8) is 0 Å². The molecule has 1 amide bonds. The van der Waals surface area contributed by atoms with Crippen LogP contribution in [0.1, 0.15) is 30.1 Å². The van der Waals surface area contributed by atoms with Crippen molar-refractivity contribution in [1.82, 2.24) is 4.90 Å². The van der Waals surface area contributed by atoms with Crippen molar-refractivity contribution in [3.05, 3.63) is 22.4 Å². The molecule has 1 fully saturated rings. The Balaban J connectivity index is 2.04. The number of rotatable bonds is 1. The van der Waals surface area contributed by atoms with Gasteiger partial charge in [-0.2, -0.15) is 11.3 Å². The van der Waals surface area contributed by atoms with Gasteiger partial charge in [-0.3, -0.25) is 4.79 Å². The topological polar surface area (TPSA) is 20.3 Å². The number of piperidine rings is 1. The minimum absolute atomic E-state index is 0.206. The van der Waals surface area contributed by atoms with E-state index in [1.165, 1.54) is 6.42 Å². The largest absolute Gasteiger partial charge is 0.338 e. The lowest BCUT2D eigenvalue weighted by Crippen LogP contribution is -2.38. The van der Waals surface area contributed by atoms with E-state index < -0.39 is 0 Å². The maximum Gasteiger partial charge on any atom is 0.254 e. The summed E-state index contributed by atoms with van der Waals surface area (Å²) in [6, 6.07) is 1.91. The zero-order valence-corrected chi connectivity index (χ0v) is 9.22. The Kier molecular flexibility index (Phi) is 2.87. The molecule has 0 bridgehead atoms. The van der Waals surface area contributed by atoms with Gasteiger partial charge in [-0.25, -0.2) is 0 Å². The average molecular weight is 209 g/mol. The fourth-order valence-electron chi connectivity index (χ4n) is 1.94. The maximum absolute atomic E-state index is 11.9. The van der Waals surface area contributed by atoms with Crippen molar-refractivity contribution in [2.75, 3.05) is 13.1 Å². The van der Waals surface area contributed by atoms with Gasteiger partial charge in [-0.1, -0.05) is 6.92 Å². The van der Waals surface area contributed by atoms with E-state index in [1.54, 1.807) is 11.3 Å². The van der Waals surface area contributed by atoms with Crippen molar-refractivity contribution in [2.24, 2.45) is 5.92 Å². The number of carbonyl (C=O) groups excluding carboxylic acids is 1. The lowest BCUT2D eigenvalue weighted by Gasteiger charge is -2.30. The molecule has 0 N–H and O–H groups in total. The van der Waals surface area contributed by atoms with Gasteiger partial charge >= 0.3 is 0 Å². The Morgan fingerprint density at radius 2 is 2.50 bits per heavy atom. The lowest BCUT2D eigenvalue weighted by atomic mass is 10.00. The van der Waals surface area contributed by atoms with Crippen LogP contribution in [-0.2, 0) is 0 Å². The molecule has 1 atom stereocenters. The standard InChI is InChI=1S/C11H15NOS/c1-9-3-2-5-12(7-9)11(13)10-4-6-14-8-10/h4,6,8-9H,2-3,5,7H2,1H3. The van der Waals surface area contributed by atoms with Crippen LogP contribution in [0.2, 0.25) is 0 Å². The van der Waals surface area contributed by atoms with E-state index in [9.17, 15) is 4.79 Å². The first kappa shape index (κ1) is 9.71. The van der Waals surface area contributed by atoms with Gasteiger partial charge in [0.2, 0.25) is 0 Å². The van der Waals surface area contributed by atoms with E-state index in [-0.39, 0.29) is 5.91 Å². The monoisotopic (exact) mass is 209 g/mol. The van der Waals surface area contributed by atoms with Crippen molar-refractivity contribution >= 4 is 17.2 Å². The van der Waals surface area contributed by atoms with Crippen LogP contribution in [0.4, 0.5) is 0 Å². The molecule has 2 nitrogen and oxygen atoms in total. The van der Waals surface area contributed by atoms with E-state index in [0.717, 1.165) is 25.1 Å². The third-order valence-electron chi connectivity index (χ3n) is 2.71. The highest BCUT2D eigenvalue weighted by Crippen LogP contribution is 2.18. The van der Waals surface area contributed by atoms with E-state index in [0.29, 0.717) is 5.92 Å². The van der Waals surface area contributed by atoms with Gasteiger partial charge in [0, 0.05) is 18.5 Å². The molecule has 1 saturated heterocycles. The molecule has 14 heavy (non-hydrogen) atoms. The minimum atomic E-state index is 0.206. The third-order valence-corrected chi connectivity index (χ3v) is 3.40. The van der Waals surface area contributed by atoms with Crippen LogP contribution in [0.3, 0.4) is 0 Å². The van der Waals surface area contributed by atoms with Gasteiger partial charge in [0.1, 0.15) is 0 Å². The van der Waals surface area contributed by atoms with Crippen LogP contribution in [0.5, 0.6) is 0 Å². The maximum atomic E-state index is 11.9. The summed E-state index contributed by atoms with van der Waals surface area (Å²) in [4.78, 5) is 13.9. The number of carbonyl (C=O) groups is 1. The molecule has 0 spiro atoms. The van der Waals surface area contributed by atoms with Gasteiger partial charge in [0.25, 0.3) is 5.91 Å². The number of hydrogen-bond acceptors (Lipinski definition) is 2. The molecule has 1 aliphatic rings. The van der Waals surface area contributed by atoms with Crippen molar-refractivity contribution < 1.29 is 4.79 Å². The lowest BCUT2D eigenvalue weighted by molar-refractivity contribution is 0.0683. The van der Waals surface area contributed by atoms with Crippen LogP contribution in [0.15, 0.2) is 16.8 Å². The number of amides is 1. The number of hydrogen-bond donors (Lipinski definition) is 0. The fourth-order valence-corrected chi connectivity index (χ4v) is 2.57. The predicted molar refractivity (Wildman–Crippen MR) is 58.6 cm³/mol. The summed E-state index contributed by atoms with van der Waals surface area (Å²) < 4.78 is 0.